The Morgan fingerprint density at radius 2 is 2.12 bits per heavy atom. The Hall–Kier alpha value is -1.92. The predicted molar refractivity (Wildman–Crippen MR) is 91.0 cm³/mol. The van der Waals surface area contributed by atoms with E-state index in [0.717, 1.165) is 26.2 Å². The molecular formula is C18H24N4O2. The van der Waals surface area contributed by atoms with Crippen molar-refractivity contribution in [1.82, 2.24) is 15.0 Å². The number of hydrogen-bond acceptors (Lipinski definition) is 6. The van der Waals surface area contributed by atoms with Gasteiger partial charge in [0.2, 0.25) is 0 Å². The summed E-state index contributed by atoms with van der Waals surface area (Å²) >= 11 is 0. The molecule has 6 heteroatoms. The molecule has 2 aliphatic heterocycles. The maximum absolute atomic E-state index is 10.8. The topological polar surface area (TPSA) is 65.6 Å². The molecule has 0 aliphatic carbocycles. The highest BCUT2D eigenvalue weighted by molar-refractivity contribution is 5.55. The lowest BCUT2D eigenvalue weighted by atomic mass is 10.0. The number of benzene rings is 1. The largest absolute Gasteiger partial charge is 0.379 e. The fourth-order valence-corrected chi connectivity index (χ4v) is 3.83. The number of rotatable bonds is 4. The summed E-state index contributed by atoms with van der Waals surface area (Å²) in [7, 11) is 0. The average molecular weight is 328 g/mol. The van der Waals surface area contributed by atoms with E-state index in [1.54, 1.807) is 6.92 Å². The molecule has 3 heterocycles. The molecule has 24 heavy (non-hydrogen) atoms. The fraction of sp³-hybridized carbons (Fsp3) is 0.556. The van der Waals surface area contributed by atoms with Gasteiger partial charge in [-0.05, 0) is 37.8 Å². The summed E-state index contributed by atoms with van der Waals surface area (Å²) in [5, 5.41) is 14.6. The van der Waals surface area contributed by atoms with Gasteiger partial charge in [-0.3, -0.25) is 4.90 Å². The highest BCUT2D eigenvalue weighted by Crippen LogP contribution is 2.31. The van der Waals surface area contributed by atoms with Crippen LogP contribution in [0.15, 0.2) is 28.8 Å². The van der Waals surface area contributed by atoms with Crippen LogP contribution in [-0.4, -0.2) is 52.9 Å². The molecule has 1 aromatic carbocycles. The van der Waals surface area contributed by atoms with Gasteiger partial charge >= 0.3 is 0 Å². The summed E-state index contributed by atoms with van der Waals surface area (Å²) in [6, 6.07) is 8.68. The Kier molecular flexibility index (Phi) is 4.02. The molecule has 1 fully saturated rings. The third kappa shape index (κ3) is 2.91. The highest BCUT2D eigenvalue weighted by atomic mass is 16.5. The summed E-state index contributed by atoms with van der Waals surface area (Å²) < 4.78 is 5.19. The maximum Gasteiger partial charge on any atom is 0.259 e. The Morgan fingerprint density at radius 1 is 1.25 bits per heavy atom. The van der Waals surface area contributed by atoms with Gasteiger partial charge < -0.3 is 14.5 Å². The first-order valence-electron chi connectivity index (χ1n) is 8.72. The normalized spacial score (nSPS) is 24.3. The van der Waals surface area contributed by atoms with Crippen molar-refractivity contribution >= 4 is 5.69 Å². The molecule has 4 rings (SSSR count). The average Bonchev–Trinajstić information content (AvgIpc) is 3.20. The van der Waals surface area contributed by atoms with Gasteiger partial charge in [-0.25, -0.2) is 0 Å². The van der Waals surface area contributed by atoms with Crippen molar-refractivity contribution in [3.63, 3.8) is 0 Å². The van der Waals surface area contributed by atoms with E-state index >= 15 is 0 Å². The van der Waals surface area contributed by atoms with Crippen LogP contribution in [0.3, 0.4) is 0 Å². The molecule has 1 unspecified atom stereocenters. The van der Waals surface area contributed by atoms with E-state index in [9.17, 15) is 5.11 Å². The summed E-state index contributed by atoms with van der Waals surface area (Å²) in [6.45, 7) is 6.21. The van der Waals surface area contributed by atoms with Crippen LogP contribution in [0, 0.1) is 6.92 Å². The zero-order valence-electron chi connectivity index (χ0n) is 14.1. The standard InChI is InChI=1S/C18H24N4O2/c1-14-19-17(24-20-14)18(23)8-10-21(13-18)11-12-22-9-4-6-15-5-2-3-7-16(15)22/h2-3,5,7,23H,4,6,8-13H2,1H3. The molecule has 1 saturated heterocycles. The first kappa shape index (κ1) is 15.6. The van der Waals surface area contributed by atoms with E-state index in [1.807, 2.05) is 0 Å². The van der Waals surface area contributed by atoms with Crippen LogP contribution in [0.2, 0.25) is 0 Å². The van der Waals surface area contributed by atoms with Gasteiger partial charge in [0.15, 0.2) is 11.4 Å². The smallest absolute Gasteiger partial charge is 0.259 e. The minimum atomic E-state index is -0.999. The van der Waals surface area contributed by atoms with Gasteiger partial charge in [-0.1, -0.05) is 23.4 Å². The number of aryl methyl sites for hydroxylation is 2. The van der Waals surface area contributed by atoms with Gasteiger partial charge in [-0.2, -0.15) is 4.98 Å². The van der Waals surface area contributed by atoms with E-state index in [0.29, 0.717) is 24.7 Å². The van der Waals surface area contributed by atoms with Crippen molar-refractivity contribution in [2.45, 2.75) is 31.8 Å². The van der Waals surface area contributed by atoms with Gasteiger partial charge in [-0.15, -0.1) is 0 Å². The highest BCUT2D eigenvalue weighted by Gasteiger charge is 2.42. The summed E-state index contributed by atoms with van der Waals surface area (Å²) in [5.41, 5.74) is 1.81. The molecule has 1 aromatic heterocycles. The van der Waals surface area contributed by atoms with Crippen molar-refractivity contribution in [1.29, 1.82) is 0 Å². The van der Waals surface area contributed by atoms with Crippen LogP contribution in [0.4, 0.5) is 5.69 Å². The van der Waals surface area contributed by atoms with Crippen molar-refractivity contribution < 1.29 is 9.63 Å². The first-order valence-corrected chi connectivity index (χ1v) is 8.72. The zero-order chi connectivity index (χ0) is 16.6. The third-order valence-corrected chi connectivity index (χ3v) is 5.15. The van der Waals surface area contributed by atoms with E-state index in [1.165, 1.54) is 24.1 Å². The Morgan fingerprint density at radius 3 is 2.96 bits per heavy atom. The van der Waals surface area contributed by atoms with E-state index in [-0.39, 0.29) is 0 Å². The molecule has 0 spiro atoms. The number of para-hydroxylation sites is 1. The molecule has 6 nitrogen and oxygen atoms in total. The summed E-state index contributed by atoms with van der Waals surface area (Å²) in [4.78, 5) is 8.97. The fourth-order valence-electron chi connectivity index (χ4n) is 3.83. The second kappa shape index (κ2) is 6.18. The van der Waals surface area contributed by atoms with Crippen molar-refractivity contribution in [3.8, 4) is 0 Å². The van der Waals surface area contributed by atoms with E-state index < -0.39 is 5.60 Å². The Bertz CT molecular complexity index is 717. The number of hydrogen-bond donors (Lipinski definition) is 1. The molecule has 128 valence electrons. The summed E-state index contributed by atoms with van der Waals surface area (Å²) in [5.74, 6) is 0.924. The molecule has 2 aliphatic rings. The quantitative estimate of drug-likeness (QED) is 0.922. The SMILES string of the molecule is Cc1noc(C2(O)CCN(CCN3CCCc4ccccc43)C2)n1. The molecular weight excluding hydrogens is 304 g/mol. The molecule has 1 N–H and O–H groups in total. The monoisotopic (exact) mass is 328 g/mol. The van der Waals surface area contributed by atoms with Crippen molar-refractivity contribution in [2.24, 2.45) is 0 Å². The number of fused-ring (bicyclic) bond motifs is 1. The maximum atomic E-state index is 10.8. The minimum absolute atomic E-state index is 0.353. The van der Waals surface area contributed by atoms with Crippen LogP contribution in [-0.2, 0) is 12.0 Å². The first-order chi connectivity index (χ1) is 11.6. The summed E-state index contributed by atoms with van der Waals surface area (Å²) in [6.07, 6.45) is 3.03. The van der Waals surface area contributed by atoms with Crippen LogP contribution >= 0.6 is 0 Å². The zero-order valence-corrected chi connectivity index (χ0v) is 14.1. The van der Waals surface area contributed by atoms with Crippen molar-refractivity contribution in [2.75, 3.05) is 37.6 Å². The van der Waals surface area contributed by atoms with Crippen LogP contribution < -0.4 is 4.90 Å². The van der Waals surface area contributed by atoms with E-state index in [4.69, 9.17) is 4.52 Å². The third-order valence-electron chi connectivity index (χ3n) is 5.15. The van der Waals surface area contributed by atoms with Gasteiger partial charge in [0.1, 0.15) is 0 Å². The number of anilines is 1. The van der Waals surface area contributed by atoms with Gasteiger partial charge in [0, 0.05) is 38.4 Å². The van der Waals surface area contributed by atoms with Gasteiger partial charge in [0.25, 0.3) is 5.89 Å². The lowest BCUT2D eigenvalue weighted by molar-refractivity contribution is 0.0140. The number of aromatic nitrogens is 2. The Balaban J connectivity index is 1.38. The van der Waals surface area contributed by atoms with E-state index in [2.05, 4.69) is 44.2 Å². The molecule has 1 atom stereocenters. The lowest BCUT2D eigenvalue weighted by Crippen LogP contribution is -2.38. The van der Waals surface area contributed by atoms with Crippen LogP contribution in [0.1, 0.15) is 30.1 Å². The van der Waals surface area contributed by atoms with Crippen LogP contribution in [0.25, 0.3) is 0 Å². The molecule has 0 bridgehead atoms. The lowest BCUT2D eigenvalue weighted by Gasteiger charge is -2.32. The second-order valence-corrected chi connectivity index (χ2v) is 6.92. The number of likely N-dealkylation sites (tertiary alicyclic amines) is 1. The minimum Gasteiger partial charge on any atom is -0.379 e. The number of β-amino-alcohol motifs (C(OH)–C–C–N with tert-alkyl or cyclic N) is 1. The molecule has 2 aromatic rings. The Labute approximate surface area is 142 Å². The van der Waals surface area contributed by atoms with Crippen molar-refractivity contribution in [3.05, 3.63) is 41.5 Å². The molecule has 0 saturated carbocycles. The molecule has 0 radical (unpaired) electrons. The number of nitrogens with zero attached hydrogens (tertiary/aromatic N) is 4. The predicted octanol–water partition coefficient (Wildman–Crippen LogP) is 1.72. The second-order valence-electron chi connectivity index (χ2n) is 6.92. The number of aliphatic hydroxyl groups is 1. The van der Waals surface area contributed by atoms with Crippen LogP contribution in [0.5, 0.6) is 0 Å². The molecule has 0 amide bonds. The van der Waals surface area contributed by atoms with Gasteiger partial charge in [0.05, 0.1) is 0 Å².